The monoisotopic (exact) mass is 647 g/mol. The smallest absolute Gasteiger partial charge is 0.383 e. The summed E-state index contributed by atoms with van der Waals surface area (Å²) in [4.78, 5) is 42.5. The van der Waals surface area contributed by atoms with E-state index in [1.807, 2.05) is 35.1 Å². The fraction of sp³-hybridized carbons (Fsp3) is 0.545. The summed E-state index contributed by atoms with van der Waals surface area (Å²) in [6.45, 7) is 2.97. The third kappa shape index (κ3) is 7.63. The van der Waals surface area contributed by atoms with Gasteiger partial charge >= 0.3 is 12.1 Å². The summed E-state index contributed by atoms with van der Waals surface area (Å²) < 4.78 is 60.0. The molecule has 0 radical (unpaired) electrons. The molecule has 3 heterocycles. The maximum Gasteiger partial charge on any atom is 0.471 e. The summed E-state index contributed by atoms with van der Waals surface area (Å²) in [7, 11) is 3.61. The van der Waals surface area contributed by atoms with Crippen LogP contribution in [0.4, 0.5) is 23.2 Å². The molecule has 0 spiro atoms. The normalized spacial score (nSPS) is 21.6. The average Bonchev–Trinajstić information content (AvgIpc) is 3.42. The van der Waals surface area contributed by atoms with Gasteiger partial charge in [0.05, 0.1) is 29.3 Å². The van der Waals surface area contributed by atoms with Crippen LogP contribution in [0.3, 0.4) is 0 Å². The zero-order valence-corrected chi connectivity index (χ0v) is 26.2. The highest BCUT2D eigenvalue weighted by Crippen LogP contribution is 2.36. The lowest BCUT2D eigenvalue weighted by Gasteiger charge is -2.35. The number of piperidine rings is 2. The number of ether oxygens (including phenoxy) is 1. The van der Waals surface area contributed by atoms with E-state index in [4.69, 9.17) is 4.74 Å². The molecular weight excluding hydrogens is 606 g/mol. The van der Waals surface area contributed by atoms with Gasteiger partial charge in [-0.3, -0.25) is 14.4 Å². The van der Waals surface area contributed by atoms with Crippen molar-refractivity contribution in [2.45, 2.75) is 51.0 Å². The topological polar surface area (TPSA) is 95.9 Å². The van der Waals surface area contributed by atoms with E-state index < -0.39 is 18.3 Å². The maximum absolute atomic E-state index is 15.0. The first-order chi connectivity index (χ1) is 22.0. The molecule has 13 heteroatoms. The van der Waals surface area contributed by atoms with Crippen LogP contribution < -0.4 is 10.6 Å². The van der Waals surface area contributed by atoms with Crippen LogP contribution in [0.1, 0.15) is 42.5 Å². The van der Waals surface area contributed by atoms with E-state index in [9.17, 15) is 31.9 Å². The van der Waals surface area contributed by atoms with E-state index in [1.165, 1.54) is 6.08 Å². The zero-order valence-electron chi connectivity index (χ0n) is 26.2. The van der Waals surface area contributed by atoms with Crippen LogP contribution in [0, 0.1) is 11.8 Å². The molecule has 2 fully saturated rings. The van der Waals surface area contributed by atoms with E-state index in [0.717, 1.165) is 24.9 Å². The molecule has 2 unspecified atom stereocenters. The number of carbonyl (C=O) groups excluding carboxylic acids is 3. The second-order valence-electron chi connectivity index (χ2n) is 12.4. The minimum Gasteiger partial charge on any atom is -0.383 e. The Morgan fingerprint density at radius 1 is 1.09 bits per heavy atom. The van der Waals surface area contributed by atoms with Crippen molar-refractivity contribution in [3.05, 3.63) is 53.3 Å². The largest absolute Gasteiger partial charge is 0.471 e. The highest BCUT2D eigenvalue weighted by Gasteiger charge is 2.38. The quantitative estimate of drug-likeness (QED) is 0.385. The Balaban J connectivity index is 1.31. The lowest BCUT2D eigenvalue weighted by Crippen LogP contribution is -2.40. The lowest BCUT2D eigenvalue weighted by molar-refractivity contribution is -0.173. The minimum absolute atomic E-state index is 0.0226. The number of carbonyl (C=O) groups is 3. The van der Waals surface area contributed by atoms with Crippen molar-refractivity contribution in [2.24, 2.45) is 11.8 Å². The molecule has 0 saturated carbocycles. The fourth-order valence-corrected chi connectivity index (χ4v) is 6.73. The van der Waals surface area contributed by atoms with Crippen molar-refractivity contribution >= 4 is 34.3 Å². The summed E-state index contributed by atoms with van der Waals surface area (Å²) >= 11 is 0. The number of nitrogens with one attached hydrogen (secondary N) is 2. The van der Waals surface area contributed by atoms with E-state index in [1.54, 1.807) is 24.3 Å². The molecule has 1 aromatic heterocycles. The number of hydrogen-bond acceptors (Lipinski definition) is 5. The van der Waals surface area contributed by atoms with Crippen molar-refractivity contribution in [3.8, 4) is 0 Å². The molecule has 1 aromatic carbocycles. The standard InChI is InChI=1S/C33H41F4N5O4/c1-40-12-4-5-23(19-40)30(43)39-27-6-3-7-28-29(27)25(20-42(28)15-16-46-2)31(44)41-13-10-22(11-14-41)24-17-21(8-9-26(24)34)18-38-32(45)33(35,36)37/h3,6-8,17,20,22-23,26H,4-5,9-16,18-19H2,1-2H3,(H,38,45)(H,39,43). The van der Waals surface area contributed by atoms with Gasteiger partial charge in [-0.2, -0.15) is 13.2 Å². The van der Waals surface area contributed by atoms with Gasteiger partial charge in [0.1, 0.15) is 6.17 Å². The Bertz CT molecular complexity index is 1510. The van der Waals surface area contributed by atoms with Gasteiger partial charge in [0.15, 0.2) is 0 Å². The zero-order chi connectivity index (χ0) is 33.0. The Morgan fingerprint density at radius 3 is 2.54 bits per heavy atom. The second-order valence-corrected chi connectivity index (χ2v) is 12.4. The van der Waals surface area contributed by atoms with Crippen molar-refractivity contribution in [1.29, 1.82) is 0 Å². The molecule has 2 atom stereocenters. The molecule has 2 saturated heterocycles. The highest BCUT2D eigenvalue weighted by atomic mass is 19.4. The van der Waals surface area contributed by atoms with Crippen LogP contribution in [-0.4, -0.2) is 97.9 Å². The summed E-state index contributed by atoms with van der Waals surface area (Å²) in [6, 6.07) is 5.59. The Labute approximate surface area is 265 Å². The van der Waals surface area contributed by atoms with Gasteiger partial charge in [-0.1, -0.05) is 18.2 Å². The van der Waals surface area contributed by atoms with Gasteiger partial charge in [-0.05, 0) is 68.5 Å². The van der Waals surface area contributed by atoms with Gasteiger partial charge in [-0.15, -0.1) is 0 Å². The number of hydrogen-bond donors (Lipinski definition) is 2. The van der Waals surface area contributed by atoms with E-state index in [2.05, 4.69) is 10.2 Å². The van der Waals surface area contributed by atoms with Crippen LogP contribution in [0.15, 0.2) is 47.7 Å². The molecule has 1 aliphatic carbocycles. The molecule has 0 bridgehead atoms. The summed E-state index contributed by atoms with van der Waals surface area (Å²) in [6.07, 6.45) is 1.34. The summed E-state index contributed by atoms with van der Waals surface area (Å²) in [5.74, 6) is -2.63. The van der Waals surface area contributed by atoms with Crippen molar-refractivity contribution in [1.82, 2.24) is 19.7 Å². The van der Waals surface area contributed by atoms with Crippen LogP contribution in [-0.2, 0) is 20.9 Å². The summed E-state index contributed by atoms with van der Waals surface area (Å²) in [5, 5.41) is 5.61. The summed E-state index contributed by atoms with van der Waals surface area (Å²) in [5.41, 5.74) is 2.76. The van der Waals surface area contributed by atoms with Crippen molar-refractivity contribution < 1.29 is 36.7 Å². The van der Waals surface area contributed by atoms with Gasteiger partial charge in [0.25, 0.3) is 5.91 Å². The average molecular weight is 648 g/mol. The van der Waals surface area contributed by atoms with E-state index >= 15 is 0 Å². The number of anilines is 1. The van der Waals surface area contributed by atoms with Gasteiger partial charge in [0.2, 0.25) is 5.91 Å². The number of amides is 3. The fourth-order valence-electron chi connectivity index (χ4n) is 6.73. The number of fused-ring (bicyclic) bond motifs is 1. The number of rotatable bonds is 9. The van der Waals surface area contributed by atoms with E-state index in [0.29, 0.717) is 73.4 Å². The number of allylic oxidation sites excluding steroid dienone is 2. The predicted octanol–water partition coefficient (Wildman–Crippen LogP) is 4.69. The highest BCUT2D eigenvalue weighted by molar-refractivity contribution is 6.14. The van der Waals surface area contributed by atoms with E-state index in [-0.39, 0.29) is 36.6 Å². The molecule has 2 aliphatic heterocycles. The van der Waals surface area contributed by atoms with Crippen LogP contribution in [0.25, 0.3) is 10.9 Å². The molecule has 2 N–H and O–H groups in total. The Morgan fingerprint density at radius 2 is 1.85 bits per heavy atom. The molecule has 9 nitrogen and oxygen atoms in total. The number of aromatic nitrogens is 1. The third-order valence-corrected chi connectivity index (χ3v) is 9.19. The molecule has 46 heavy (non-hydrogen) atoms. The number of nitrogens with zero attached hydrogens (tertiary/aromatic N) is 3. The lowest BCUT2D eigenvalue weighted by atomic mass is 9.82. The number of methoxy groups -OCH3 is 1. The Kier molecular flexibility index (Phi) is 10.5. The number of alkyl halides is 4. The van der Waals surface area contributed by atoms with Crippen LogP contribution in [0.2, 0.25) is 0 Å². The first-order valence-electron chi connectivity index (χ1n) is 15.7. The number of halogens is 4. The van der Waals surface area contributed by atoms with Gasteiger partial charge in [-0.25, -0.2) is 4.39 Å². The minimum atomic E-state index is -4.99. The Hall–Kier alpha value is -3.71. The second kappa shape index (κ2) is 14.4. The molecular formula is C33H41F4N5O4. The molecule has 5 rings (SSSR count). The molecule has 3 amide bonds. The maximum atomic E-state index is 15.0. The number of likely N-dealkylation sites (tertiary alicyclic amines) is 2. The SMILES string of the molecule is COCCn1cc(C(=O)N2CCC(C3=CC(CNC(=O)C(F)(F)F)=CCC3F)CC2)c2c(NC(=O)C3CCCN(C)C3)cccc21. The van der Waals surface area contributed by atoms with Crippen LogP contribution in [0.5, 0.6) is 0 Å². The van der Waals surface area contributed by atoms with Crippen LogP contribution >= 0.6 is 0 Å². The first-order valence-corrected chi connectivity index (χ1v) is 15.7. The van der Waals surface area contributed by atoms with Gasteiger partial charge < -0.3 is 29.7 Å². The third-order valence-electron chi connectivity index (χ3n) is 9.19. The molecule has 3 aliphatic rings. The van der Waals surface area contributed by atoms with Gasteiger partial charge in [0, 0.05) is 57.8 Å². The molecule has 2 aromatic rings. The molecule has 250 valence electrons. The van der Waals surface area contributed by atoms with Crippen molar-refractivity contribution in [3.63, 3.8) is 0 Å². The van der Waals surface area contributed by atoms with Crippen molar-refractivity contribution in [2.75, 3.05) is 58.8 Å². The first kappa shape index (κ1) is 33.6. The predicted molar refractivity (Wildman–Crippen MR) is 166 cm³/mol. The number of benzene rings is 1.